The quantitative estimate of drug-likeness (QED) is 0.284. The topological polar surface area (TPSA) is 63.0 Å². The number of amides is 2. The van der Waals surface area contributed by atoms with Crippen molar-refractivity contribution < 1.29 is 18.8 Å². The largest absolute Gasteiger partial charge is 0.459 e. The van der Waals surface area contributed by atoms with Crippen LogP contribution in [0.3, 0.4) is 0 Å². The molecule has 3 aromatic carbocycles. The summed E-state index contributed by atoms with van der Waals surface area (Å²) >= 11 is 12.6. The van der Waals surface area contributed by atoms with Crippen LogP contribution in [-0.2, 0) is 14.4 Å². The lowest BCUT2D eigenvalue weighted by Gasteiger charge is -2.27. The molecule has 2 amide bonds. The summed E-state index contributed by atoms with van der Waals surface area (Å²) < 4.78 is 6.24. The van der Waals surface area contributed by atoms with Crippen LogP contribution in [0, 0.1) is 12.8 Å². The van der Waals surface area contributed by atoms with Gasteiger partial charge in [0, 0.05) is 10.6 Å². The number of imide groups is 1. The minimum Gasteiger partial charge on any atom is -0.459 e. The highest BCUT2D eigenvalue weighted by Gasteiger charge is 2.61. The van der Waals surface area contributed by atoms with Crippen molar-refractivity contribution in [3.8, 4) is 11.3 Å². The number of benzene rings is 3. The first-order valence-corrected chi connectivity index (χ1v) is 12.2. The summed E-state index contributed by atoms with van der Waals surface area (Å²) in [5.41, 5.74) is 2.89. The van der Waals surface area contributed by atoms with Gasteiger partial charge in [-0.15, -0.1) is 0 Å². The number of nitrogens with zero attached hydrogens (tertiary/aromatic N) is 2. The van der Waals surface area contributed by atoms with E-state index in [-0.39, 0.29) is 5.91 Å². The van der Waals surface area contributed by atoms with E-state index < -0.39 is 24.0 Å². The summed E-state index contributed by atoms with van der Waals surface area (Å²) in [4.78, 5) is 34.6. The molecule has 3 heterocycles. The summed E-state index contributed by atoms with van der Waals surface area (Å²) in [6.07, 6.45) is -0.979. The second-order valence-corrected chi connectivity index (χ2v) is 9.68. The summed E-state index contributed by atoms with van der Waals surface area (Å²) in [6, 6.07) is 24.6. The number of hydrogen-bond donors (Lipinski definition) is 0. The molecule has 2 fully saturated rings. The highest BCUT2D eigenvalue weighted by molar-refractivity contribution is 6.35. The number of aryl methyl sites for hydroxylation is 1. The van der Waals surface area contributed by atoms with E-state index in [9.17, 15) is 9.59 Å². The number of hydrogen-bond acceptors (Lipinski definition) is 5. The Morgan fingerprint density at radius 3 is 2.31 bits per heavy atom. The number of fused-ring (bicyclic) bond motifs is 1. The lowest BCUT2D eigenvalue weighted by molar-refractivity contribution is -0.126. The SMILES string of the molecule is Cc1ccc(N2C(=O)[C@H]3[C@H](ON(c4ccccc4)[C@@H]3c3ccc(-c4cc(Cl)ccc4Cl)o3)C2=O)cc1. The summed E-state index contributed by atoms with van der Waals surface area (Å²) in [5, 5.41) is 2.60. The molecular formula is C28H20Cl2N2O4. The van der Waals surface area contributed by atoms with Crippen LogP contribution in [0.1, 0.15) is 17.4 Å². The third-order valence-corrected chi connectivity index (χ3v) is 7.10. The van der Waals surface area contributed by atoms with Crippen molar-refractivity contribution in [3.05, 3.63) is 106 Å². The first-order chi connectivity index (χ1) is 17.4. The molecule has 0 saturated carbocycles. The highest BCUT2D eigenvalue weighted by atomic mass is 35.5. The first kappa shape index (κ1) is 22.9. The van der Waals surface area contributed by atoms with Gasteiger partial charge in [-0.2, -0.15) is 0 Å². The van der Waals surface area contributed by atoms with Gasteiger partial charge in [0.15, 0.2) is 6.10 Å². The third kappa shape index (κ3) is 3.69. The van der Waals surface area contributed by atoms with Crippen molar-refractivity contribution in [2.24, 2.45) is 5.92 Å². The fraction of sp³-hybridized carbons (Fsp3) is 0.143. The van der Waals surface area contributed by atoms with Crippen LogP contribution >= 0.6 is 23.2 Å². The number of carbonyl (C=O) groups excluding carboxylic acids is 2. The lowest BCUT2D eigenvalue weighted by Crippen LogP contribution is -2.37. The van der Waals surface area contributed by atoms with E-state index >= 15 is 0 Å². The number of furan rings is 1. The molecule has 2 aliphatic rings. The molecule has 2 saturated heterocycles. The van der Waals surface area contributed by atoms with Crippen molar-refractivity contribution in [2.45, 2.75) is 19.1 Å². The van der Waals surface area contributed by atoms with Crippen molar-refractivity contribution in [1.82, 2.24) is 0 Å². The number of carbonyl (C=O) groups is 2. The first-order valence-electron chi connectivity index (χ1n) is 11.4. The number of hydroxylamine groups is 1. The Hall–Kier alpha value is -3.58. The molecule has 0 spiro atoms. The van der Waals surface area contributed by atoms with Crippen LogP contribution < -0.4 is 9.96 Å². The van der Waals surface area contributed by atoms with E-state index in [1.165, 1.54) is 4.90 Å². The van der Waals surface area contributed by atoms with Crippen LogP contribution in [-0.4, -0.2) is 17.9 Å². The minimum atomic E-state index is -0.979. The molecule has 6 rings (SSSR count). The molecule has 0 radical (unpaired) electrons. The van der Waals surface area contributed by atoms with Gasteiger partial charge in [-0.05, 0) is 61.5 Å². The monoisotopic (exact) mass is 518 g/mol. The maximum Gasteiger partial charge on any atom is 0.266 e. The molecule has 36 heavy (non-hydrogen) atoms. The Morgan fingerprint density at radius 2 is 1.56 bits per heavy atom. The van der Waals surface area contributed by atoms with Gasteiger partial charge in [-0.3, -0.25) is 14.4 Å². The molecule has 4 aromatic rings. The van der Waals surface area contributed by atoms with Gasteiger partial charge in [0.05, 0.1) is 16.4 Å². The number of halogens is 2. The zero-order valence-corrected chi connectivity index (χ0v) is 20.6. The predicted molar refractivity (Wildman–Crippen MR) is 138 cm³/mol. The predicted octanol–water partition coefficient (Wildman–Crippen LogP) is 6.61. The molecule has 0 unspecified atom stereocenters. The molecule has 0 aliphatic carbocycles. The van der Waals surface area contributed by atoms with E-state index in [0.29, 0.717) is 38.5 Å². The summed E-state index contributed by atoms with van der Waals surface area (Å²) in [7, 11) is 0. The van der Waals surface area contributed by atoms with Crippen LogP contribution in [0.4, 0.5) is 11.4 Å². The van der Waals surface area contributed by atoms with Gasteiger partial charge in [0.1, 0.15) is 23.5 Å². The Morgan fingerprint density at radius 1 is 0.806 bits per heavy atom. The number of rotatable bonds is 4. The maximum absolute atomic E-state index is 13.7. The van der Waals surface area contributed by atoms with E-state index in [2.05, 4.69) is 0 Å². The zero-order chi connectivity index (χ0) is 25.0. The van der Waals surface area contributed by atoms with Gasteiger partial charge < -0.3 is 4.42 Å². The highest BCUT2D eigenvalue weighted by Crippen LogP contribution is 2.48. The molecule has 1 aromatic heterocycles. The Bertz CT molecular complexity index is 1470. The van der Waals surface area contributed by atoms with Crippen molar-refractivity contribution in [2.75, 3.05) is 9.96 Å². The van der Waals surface area contributed by atoms with Gasteiger partial charge in [-0.1, -0.05) is 59.1 Å². The smallest absolute Gasteiger partial charge is 0.266 e. The van der Waals surface area contributed by atoms with Gasteiger partial charge in [0.2, 0.25) is 5.91 Å². The molecule has 0 bridgehead atoms. The van der Waals surface area contributed by atoms with Crippen molar-refractivity contribution in [3.63, 3.8) is 0 Å². The van der Waals surface area contributed by atoms with Gasteiger partial charge in [0.25, 0.3) is 5.91 Å². The van der Waals surface area contributed by atoms with E-state index in [4.69, 9.17) is 32.5 Å². The van der Waals surface area contributed by atoms with Crippen LogP contribution in [0.5, 0.6) is 0 Å². The molecule has 3 atom stereocenters. The Kier molecular flexibility index (Phi) is 5.60. The van der Waals surface area contributed by atoms with Crippen molar-refractivity contribution in [1.29, 1.82) is 0 Å². The minimum absolute atomic E-state index is 0.337. The molecular weight excluding hydrogens is 499 g/mol. The molecule has 180 valence electrons. The maximum atomic E-state index is 13.7. The number of para-hydroxylation sites is 1. The fourth-order valence-electron chi connectivity index (χ4n) is 4.79. The molecule has 8 heteroatoms. The molecule has 6 nitrogen and oxygen atoms in total. The molecule has 2 aliphatic heterocycles. The van der Waals surface area contributed by atoms with E-state index in [1.54, 1.807) is 47.5 Å². The van der Waals surface area contributed by atoms with E-state index in [0.717, 1.165) is 5.56 Å². The standard InChI is InChI=1S/C28H20Cl2N2O4/c1-16-7-10-18(11-8-16)31-27(33)24-25(32(36-26(24)28(31)34)19-5-3-2-4-6-19)23-14-13-22(35-23)20-15-17(29)9-12-21(20)30/h2-15,24-26H,1H3/t24-,25-,26+/m1/s1. The zero-order valence-electron chi connectivity index (χ0n) is 19.1. The summed E-state index contributed by atoms with van der Waals surface area (Å²) in [5.74, 6) is -0.559. The summed E-state index contributed by atoms with van der Waals surface area (Å²) in [6.45, 7) is 1.95. The van der Waals surface area contributed by atoms with Gasteiger partial charge >= 0.3 is 0 Å². The van der Waals surface area contributed by atoms with Gasteiger partial charge in [-0.25, -0.2) is 9.96 Å². The second-order valence-electron chi connectivity index (χ2n) is 8.83. The molecule has 0 N–H and O–H groups in total. The van der Waals surface area contributed by atoms with Crippen LogP contribution in [0.25, 0.3) is 11.3 Å². The second kappa shape index (κ2) is 8.82. The van der Waals surface area contributed by atoms with E-state index in [1.807, 2.05) is 49.4 Å². The lowest BCUT2D eigenvalue weighted by atomic mass is 9.94. The number of anilines is 2. The normalized spacial score (nSPS) is 21.4. The van der Waals surface area contributed by atoms with Crippen LogP contribution in [0.2, 0.25) is 10.0 Å². The van der Waals surface area contributed by atoms with Crippen LogP contribution in [0.15, 0.2) is 89.3 Å². The van der Waals surface area contributed by atoms with Crippen molar-refractivity contribution >= 4 is 46.4 Å². The fourth-order valence-corrected chi connectivity index (χ4v) is 5.18. The Balaban J connectivity index is 1.43. The average Bonchev–Trinajstić information content (AvgIpc) is 3.57. The Labute approximate surface area is 217 Å². The third-order valence-electron chi connectivity index (χ3n) is 6.53. The average molecular weight is 519 g/mol.